The predicted molar refractivity (Wildman–Crippen MR) is 114 cm³/mol. The zero-order chi connectivity index (χ0) is 20.4. The molecule has 0 fully saturated rings. The second-order valence-electron chi connectivity index (χ2n) is 6.51. The lowest BCUT2D eigenvalue weighted by atomic mass is 10.1. The molecular formula is C22H29N3O3. The van der Waals surface area contributed by atoms with Gasteiger partial charge in [0.1, 0.15) is 5.75 Å². The average Bonchev–Trinajstić information content (AvgIpc) is 2.70. The smallest absolute Gasteiger partial charge is 0.243 e. The van der Waals surface area contributed by atoms with E-state index >= 15 is 0 Å². The first-order valence-electron chi connectivity index (χ1n) is 9.69. The van der Waals surface area contributed by atoms with E-state index in [0.717, 1.165) is 29.8 Å². The number of nitrogens with one attached hydrogen (secondary N) is 3. The molecule has 0 spiro atoms. The van der Waals surface area contributed by atoms with Crippen LogP contribution in [0.25, 0.3) is 0 Å². The van der Waals surface area contributed by atoms with Gasteiger partial charge < -0.3 is 20.7 Å². The summed E-state index contributed by atoms with van der Waals surface area (Å²) in [6.07, 6.45) is 2.50. The normalized spacial score (nSPS) is 10.2. The van der Waals surface area contributed by atoms with Gasteiger partial charge in [-0.05, 0) is 43.2 Å². The maximum atomic E-state index is 12.3. The molecule has 0 radical (unpaired) electrons. The van der Waals surface area contributed by atoms with Crippen molar-refractivity contribution in [3.05, 3.63) is 48.0 Å². The Labute approximate surface area is 166 Å². The van der Waals surface area contributed by atoms with Crippen LogP contribution in [0.4, 0.5) is 17.1 Å². The molecule has 2 amide bonds. The molecule has 0 saturated carbocycles. The van der Waals surface area contributed by atoms with Gasteiger partial charge in [0, 0.05) is 29.5 Å². The van der Waals surface area contributed by atoms with E-state index in [0.29, 0.717) is 24.4 Å². The standard InChI is InChI=1S/C22H29N3O3/c1-4-6-13-28-18-10-7-9-17(14-18)23-15-22(27)25-20-12-8-11-19(16(20)3)24-21(26)5-2/h7-12,14,23H,4-6,13,15H2,1-3H3,(H,24,26)(H,25,27). The maximum Gasteiger partial charge on any atom is 0.243 e. The molecule has 3 N–H and O–H groups in total. The number of anilines is 3. The quantitative estimate of drug-likeness (QED) is 0.525. The van der Waals surface area contributed by atoms with E-state index in [2.05, 4.69) is 22.9 Å². The maximum absolute atomic E-state index is 12.3. The monoisotopic (exact) mass is 383 g/mol. The highest BCUT2D eigenvalue weighted by molar-refractivity contribution is 5.97. The van der Waals surface area contributed by atoms with E-state index in [1.807, 2.05) is 43.3 Å². The van der Waals surface area contributed by atoms with Crippen LogP contribution in [-0.2, 0) is 9.59 Å². The number of carbonyl (C=O) groups is 2. The highest BCUT2D eigenvalue weighted by atomic mass is 16.5. The zero-order valence-corrected chi connectivity index (χ0v) is 16.8. The topological polar surface area (TPSA) is 79.5 Å². The van der Waals surface area contributed by atoms with Crippen LogP contribution in [-0.4, -0.2) is 25.0 Å². The molecular weight excluding hydrogens is 354 g/mol. The number of hydrogen-bond donors (Lipinski definition) is 3. The Morgan fingerprint density at radius 2 is 1.64 bits per heavy atom. The van der Waals surface area contributed by atoms with Crippen molar-refractivity contribution in [2.75, 3.05) is 29.1 Å². The Morgan fingerprint density at radius 3 is 2.32 bits per heavy atom. The Balaban J connectivity index is 1.91. The molecule has 0 aliphatic carbocycles. The molecule has 2 aromatic carbocycles. The van der Waals surface area contributed by atoms with Gasteiger partial charge in [0.05, 0.1) is 13.2 Å². The van der Waals surface area contributed by atoms with Crippen LogP contribution in [0.15, 0.2) is 42.5 Å². The fraction of sp³-hybridized carbons (Fsp3) is 0.364. The third-order valence-electron chi connectivity index (χ3n) is 4.26. The van der Waals surface area contributed by atoms with Crippen molar-refractivity contribution in [1.29, 1.82) is 0 Å². The molecule has 6 nitrogen and oxygen atoms in total. The lowest BCUT2D eigenvalue weighted by molar-refractivity contribution is -0.116. The molecule has 0 heterocycles. The van der Waals surface area contributed by atoms with Gasteiger partial charge in [0.15, 0.2) is 0 Å². The summed E-state index contributed by atoms with van der Waals surface area (Å²) in [6.45, 7) is 6.60. The van der Waals surface area contributed by atoms with Crippen LogP contribution in [0.3, 0.4) is 0 Å². The van der Waals surface area contributed by atoms with Crippen molar-refractivity contribution in [1.82, 2.24) is 0 Å². The first-order valence-corrected chi connectivity index (χ1v) is 9.69. The van der Waals surface area contributed by atoms with Crippen molar-refractivity contribution >= 4 is 28.9 Å². The van der Waals surface area contributed by atoms with Crippen molar-refractivity contribution in [2.24, 2.45) is 0 Å². The number of rotatable bonds is 10. The average molecular weight is 383 g/mol. The Hall–Kier alpha value is -3.02. The minimum atomic E-state index is -0.167. The molecule has 6 heteroatoms. The summed E-state index contributed by atoms with van der Waals surface area (Å²) in [5, 5.41) is 8.83. The van der Waals surface area contributed by atoms with Gasteiger partial charge in [-0.3, -0.25) is 9.59 Å². The van der Waals surface area contributed by atoms with Crippen molar-refractivity contribution in [3.8, 4) is 5.75 Å². The third kappa shape index (κ3) is 6.61. The second-order valence-corrected chi connectivity index (χ2v) is 6.51. The molecule has 0 atom stereocenters. The van der Waals surface area contributed by atoms with Crippen molar-refractivity contribution in [2.45, 2.75) is 40.0 Å². The number of amides is 2. The van der Waals surface area contributed by atoms with E-state index in [9.17, 15) is 9.59 Å². The summed E-state index contributed by atoms with van der Waals surface area (Å²) in [6, 6.07) is 13.0. The van der Waals surface area contributed by atoms with E-state index in [1.54, 1.807) is 13.0 Å². The lowest BCUT2D eigenvalue weighted by Gasteiger charge is -2.14. The van der Waals surface area contributed by atoms with Crippen molar-refractivity contribution in [3.63, 3.8) is 0 Å². The molecule has 0 aliphatic heterocycles. The highest BCUT2D eigenvalue weighted by Gasteiger charge is 2.09. The minimum Gasteiger partial charge on any atom is -0.494 e. The van der Waals surface area contributed by atoms with Gasteiger partial charge in [-0.1, -0.05) is 32.4 Å². The highest BCUT2D eigenvalue weighted by Crippen LogP contribution is 2.23. The SMILES string of the molecule is CCCCOc1cccc(NCC(=O)Nc2cccc(NC(=O)CC)c2C)c1. The number of benzene rings is 2. The summed E-state index contributed by atoms with van der Waals surface area (Å²) >= 11 is 0. The van der Waals surface area contributed by atoms with Crippen LogP contribution in [0.5, 0.6) is 5.75 Å². The van der Waals surface area contributed by atoms with Crippen LogP contribution >= 0.6 is 0 Å². The Kier molecular flexibility index (Phi) is 8.34. The molecule has 28 heavy (non-hydrogen) atoms. The lowest BCUT2D eigenvalue weighted by Crippen LogP contribution is -2.22. The summed E-state index contributed by atoms with van der Waals surface area (Å²) in [4.78, 5) is 23.9. The first-order chi connectivity index (χ1) is 13.5. The number of hydrogen-bond acceptors (Lipinski definition) is 4. The van der Waals surface area contributed by atoms with Crippen molar-refractivity contribution < 1.29 is 14.3 Å². The molecule has 150 valence electrons. The summed E-state index contributed by atoms with van der Waals surface area (Å²) in [5.74, 6) is 0.558. The molecule has 2 rings (SSSR count). The second kappa shape index (κ2) is 11.0. The molecule has 0 unspecified atom stereocenters. The van der Waals surface area contributed by atoms with E-state index in [4.69, 9.17) is 4.74 Å². The van der Waals surface area contributed by atoms with Gasteiger partial charge in [-0.15, -0.1) is 0 Å². The van der Waals surface area contributed by atoms with Crippen LogP contribution in [0, 0.1) is 6.92 Å². The fourth-order valence-electron chi connectivity index (χ4n) is 2.55. The fourth-order valence-corrected chi connectivity index (χ4v) is 2.55. The minimum absolute atomic E-state index is 0.0609. The van der Waals surface area contributed by atoms with Gasteiger partial charge >= 0.3 is 0 Å². The van der Waals surface area contributed by atoms with Crippen LogP contribution < -0.4 is 20.7 Å². The largest absolute Gasteiger partial charge is 0.494 e. The van der Waals surface area contributed by atoms with Gasteiger partial charge in [0.25, 0.3) is 0 Å². The molecule has 0 saturated heterocycles. The zero-order valence-electron chi connectivity index (χ0n) is 16.8. The number of carbonyl (C=O) groups excluding carboxylic acids is 2. The summed E-state index contributed by atoms with van der Waals surface area (Å²) in [7, 11) is 0. The molecule has 2 aromatic rings. The van der Waals surface area contributed by atoms with E-state index in [1.165, 1.54) is 0 Å². The molecule has 0 aliphatic rings. The van der Waals surface area contributed by atoms with Gasteiger partial charge in [-0.25, -0.2) is 0 Å². The van der Waals surface area contributed by atoms with Crippen LogP contribution in [0.1, 0.15) is 38.7 Å². The summed E-state index contributed by atoms with van der Waals surface area (Å²) < 4.78 is 5.68. The molecule has 0 bridgehead atoms. The van der Waals surface area contributed by atoms with E-state index in [-0.39, 0.29) is 18.4 Å². The first kappa shape index (κ1) is 21.3. The van der Waals surface area contributed by atoms with Crippen LogP contribution in [0.2, 0.25) is 0 Å². The van der Waals surface area contributed by atoms with E-state index < -0.39 is 0 Å². The Bertz CT molecular complexity index is 805. The third-order valence-corrected chi connectivity index (χ3v) is 4.26. The predicted octanol–water partition coefficient (Wildman–Crippen LogP) is 4.57. The summed E-state index contributed by atoms with van der Waals surface area (Å²) in [5.41, 5.74) is 3.03. The van der Waals surface area contributed by atoms with Gasteiger partial charge in [0.2, 0.25) is 11.8 Å². The Morgan fingerprint density at radius 1 is 0.964 bits per heavy atom. The number of ether oxygens (including phenoxy) is 1. The van der Waals surface area contributed by atoms with Gasteiger partial charge in [-0.2, -0.15) is 0 Å². The number of unbranched alkanes of at least 4 members (excludes halogenated alkanes) is 1. The molecule has 0 aromatic heterocycles.